The van der Waals surface area contributed by atoms with Crippen molar-refractivity contribution in [3.8, 4) is 0 Å². The van der Waals surface area contributed by atoms with E-state index in [1.54, 1.807) is 0 Å². The summed E-state index contributed by atoms with van der Waals surface area (Å²) in [5.74, 6) is 1.14. The van der Waals surface area contributed by atoms with Crippen LogP contribution in [0.5, 0.6) is 0 Å². The topological polar surface area (TPSA) is 55.8 Å². The van der Waals surface area contributed by atoms with E-state index in [0.29, 0.717) is 17.8 Å². The van der Waals surface area contributed by atoms with Gasteiger partial charge in [-0.1, -0.05) is 0 Å². The van der Waals surface area contributed by atoms with Gasteiger partial charge in [-0.15, -0.1) is 0 Å². The van der Waals surface area contributed by atoms with Crippen LogP contribution in [0.2, 0.25) is 0 Å². The average Bonchev–Trinajstić information content (AvgIpc) is 2.30. The fraction of sp³-hybridized carbons (Fsp3) is 0.938. The molecule has 0 aromatic heterocycles. The van der Waals surface area contributed by atoms with Gasteiger partial charge in [0.2, 0.25) is 0 Å². The Morgan fingerprint density at radius 2 is 1.80 bits per heavy atom. The second-order valence-corrected chi connectivity index (χ2v) is 8.02. The summed E-state index contributed by atoms with van der Waals surface area (Å²) in [6.07, 6.45) is 4.98. The lowest BCUT2D eigenvalue weighted by atomic mass is 9.53. The lowest BCUT2D eigenvalue weighted by Crippen LogP contribution is -2.58. The third kappa shape index (κ3) is 2.73. The summed E-state index contributed by atoms with van der Waals surface area (Å²) in [5.41, 5.74) is -0.634. The van der Waals surface area contributed by atoms with Gasteiger partial charge in [-0.2, -0.15) is 0 Å². The van der Waals surface area contributed by atoms with Gasteiger partial charge in [-0.3, -0.25) is 0 Å². The molecule has 4 nitrogen and oxygen atoms in total. The fourth-order valence-corrected chi connectivity index (χ4v) is 4.68. The normalized spacial score (nSPS) is 42.8. The number of ether oxygens (including phenoxy) is 2. The maximum absolute atomic E-state index is 11.8. The van der Waals surface area contributed by atoms with E-state index >= 15 is 0 Å². The highest BCUT2D eigenvalue weighted by atomic mass is 16.6. The Labute approximate surface area is 120 Å². The molecule has 0 radical (unpaired) electrons. The van der Waals surface area contributed by atoms with E-state index in [9.17, 15) is 9.90 Å². The zero-order valence-corrected chi connectivity index (χ0v) is 12.7. The predicted molar refractivity (Wildman–Crippen MR) is 74.1 cm³/mol. The van der Waals surface area contributed by atoms with Gasteiger partial charge in [-0.05, 0) is 70.6 Å². The maximum Gasteiger partial charge on any atom is 0.332 e. The number of carbonyl (C=O) groups excluding carboxylic acids is 1. The van der Waals surface area contributed by atoms with Crippen LogP contribution in [0, 0.1) is 17.8 Å². The Morgan fingerprint density at radius 3 is 2.35 bits per heavy atom. The number of hydrogen-bond donors (Lipinski definition) is 1. The van der Waals surface area contributed by atoms with Crippen molar-refractivity contribution in [3.63, 3.8) is 0 Å². The number of hydrogen-bond acceptors (Lipinski definition) is 4. The minimum absolute atomic E-state index is 0.0412. The first-order valence-electron chi connectivity index (χ1n) is 7.80. The summed E-state index contributed by atoms with van der Waals surface area (Å²) in [4.78, 5) is 11.8. The highest BCUT2D eigenvalue weighted by molar-refractivity contribution is 5.71. The molecule has 0 amide bonds. The molecule has 0 saturated heterocycles. The van der Waals surface area contributed by atoms with Gasteiger partial charge in [0.25, 0.3) is 0 Å². The van der Waals surface area contributed by atoms with E-state index < -0.39 is 5.60 Å². The molecular weight excluding hydrogens is 256 g/mol. The van der Waals surface area contributed by atoms with Crippen molar-refractivity contribution < 1.29 is 19.4 Å². The molecule has 0 aromatic rings. The number of aliphatic hydroxyl groups excluding tert-OH is 1. The quantitative estimate of drug-likeness (QED) is 0.807. The third-order valence-corrected chi connectivity index (χ3v) is 5.08. The molecule has 4 aliphatic rings. The van der Waals surface area contributed by atoms with Gasteiger partial charge in [0.15, 0.2) is 0 Å². The van der Waals surface area contributed by atoms with Gasteiger partial charge >= 0.3 is 5.97 Å². The molecule has 0 spiro atoms. The molecule has 20 heavy (non-hydrogen) atoms. The zero-order chi connectivity index (χ0) is 14.5. The van der Waals surface area contributed by atoms with Crippen LogP contribution in [-0.2, 0) is 14.3 Å². The summed E-state index contributed by atoms with van der Waals surface area (Å²) in [6, 6.07) is 0. The number of aliphatic hydroxyl groups is 1. The first-order valence-corrected chi connectivity index (χ1v) is 7.80. The first-order chi connectivity index (χ1) is 9.26. The van der Waals surface area contributed by atoms with Crippen molar-refractivity contribution >= 4 is 5.97 Å². The van der Waals surface area contributed by atoms with Crippen LogP contribution in [0.25, 0.3) is 0 Å². The van der Waals surface area contributed by atoms with Crippen LogP contribution in [0.1, 0.15) is 52.9 Å². The predicted octanol–water partition coefficient (Wildman–Crippen LogP) is 2.28. The van der Waals surface area contributed by atoms with E-state index in [2.05, 4.69) is 0 Å². The Balaban J connectivity index is 1.59. The smallest absolute Gasteiger partial charge is 0.332 e. The highest BCUT2D eigenvalue weighted by Gasteiger charge is 2.55. The zero-order valence-electron chi connectivity index (χ0n) is 12.7. The molecule has 4 bridgehead atoms. The molecule has 4 heteroatoms. The average molecular weight is 282 g/mol. The SMILES string of the molecule is CC(C)(C)OC(=O)COC12CC3CC(C1)C(O)C(C3)C2. The molecule has 4 fully saturated rings. The van der Waals surface area contributed by atoms with Gasteiger partial charge < -0.3 is 14.6 Å². The lowest BCUT2D eigenvalue weighted by molar-refractivity contribution is -0.209. The van der Waals surface area contributed by atoms with E-state index in [4.69, 9.17) is 9.47 Å². The van der Waals surface area contributed by atoms with Crippen molar-refractivity contribution in [2.24, 2.45) is 17.8 Å². The second-order valence-electron chi connectivity index (χ2n) is 8.02. The summed E-state index contributed by atoms with van der Waals surface area (Å²) in [5, 5.41) is 10.2. The van der Waals surface area contributed by atoms with Crippen molar-refractivity contribution in [2.45, 2.75) is 70.2 Å². The first kappa shape index (κ1) is 14.3. The summed E-state index contributed by atoms with van der Waals surface area (Å²) in [6.45, 7) is 5.64. The van der Waals surface area contributed by atoms with Gasteiger partial charge in [0.1, 0.15) is 12.2 Å². The molecule has 2 atom stereocenters. The Bertz CT molecular complexity index is 382. The highest BCUT2D eigenvalue weighted by Crippen LogP contribution is 2.57. The molecule has 0 heterocycles. The minimum atomic E-state index is -0.460. The van der Waals surface area contributed by atoms with Crippen LogP contribution in [0.3, 0.4) is 0 Å². The number of esters is 1. The van der Waals surface area contributed by atoms with Crippen LogP contribution < -0.4 is 0 Å². The van der Waals surface area contributed by atoms with Gasteiger partial charge in [-0.25, -0.2) is 4.79 Å². The van der Waals surface area contributed by atoms with Crippen molar-refractivity contribution in [1.82, 2.24) is 0 Å². The van der Waals surface area contributed by atoms with Crippen molar-refractivity contribution in [1.29, 1.82) is 0 Å². The van der Waals surface area contributed by atoms with Crippen molar-refractivity contribution in [3.05, 3.63) is 0 Å². The van der Waals surface area contributed by atoms with Gasteiger partial charge in [0.05, 0.1) is 11.7 Å². The van der Waals surface area contributed by atoms with E-state index in [1.807, 2.05) is 20.8 Å². The van der Waals surface area contributed by atoms with Crippen LogP contribution in [0.15, 0.2) is 0 Å². The molecule has 0 aromatic carbocycles. The standard InChI is InChI=1S/C16H26O4/c1-15(2,3)20-13(17)9-19-16-6-10-4-11(7-16)14(18)12(5-10)8-16/h10-12,14,18H,4-9H2,1-3H3. The number of carbonyl (C=O) groups is 1. The third-order valence-electron chi connectivity index (χ3n) is 5.08. The van der Waals surface area contributed by atoms with E-state index in [-0.39, 0.29) is 24.3 Å². The maximum atomic E-state index is 11.8. The summed E-state index contributed by atoms with van der Waals surface area (Å²) < 4.78 is 11.3. The lowest BCUT2D eigenvalue weighted by Gasteiger charge is -2.58. The van der Waals surface area contributed by atoms with Crippen LogP contribution in [0.4, 0.5) is 0 Å². The summed E-state index contributed by atoms with van der Waals surface area (Å²) in [7, 11) is 0. The Hall–Kier alpha value is -0.610. The Morgan fingerprint density at radius 1 is 1.20 bits per heavy atom. The monoisotopic (exact) mass is 282 g/mol. The minimum Gasteiger partial charge on any atom is -0.458 e. The molecule has 1 N–H and O–H groups in total. The van der Waals surface area contributed by atoms with E-state index in [1.165, 1.54) is 0 Å². The summed E-state index contributed by atoms with van der Waals surface area (Å²) >= 11 is 0. The molecular formula is C16H26O4. The van der Waals surface area contributed by atoms with Gasteiger partial charge in [0, 0.05) is 0 Å². The molecule has 4 saturated carbocycles. The molecule has 0 aliphatic heterocycles. The largest absolute Gasteiger partial charge is 0.458 e. The van der Waals surface area contributed by atoms with Crippen molar-refractivity contribution in [2.75, 3.05) is 6.61 Å². The molecule has 2 unspecified atom stereocenters. The molecule has 4 rings (SSSR count). The fourth-order valence-electron chi connectivity index (χ4n) is 4.68. The van der Waals surface area contributed by atoms with Crippen LogP contribution in [-0.4, -0.2) is 35.0 Å². The van der Waals surface area contributed by atoms with E-state index in [0.717, 1.165) is 32.1 Å². The molecule has 114 valence electrons. The van der Waals surface area contributed by atoms with Crippen LogP contribution >= 0.6 is 0 Å². The Kier molecular flexibility index (Phi) is 3.37. The number of rotatable bonds is 3. The molecule has 4 aliphatic carbocycles. The second kappa shape index (κ2) is 4.70.